The van der Waals surface area contributed by atoms with Crippen molar-refractivity contribution in [2.75, 3.05) is 6.61 Å². The molecule has 2 N–H and O–H groups in total. The summed E-state index contributed by atoms with van der Waals surface area (Å²) in [5.74, 6) is 0.921. The zero-order chi connectivity index (χ0) is 9.26. The van der Waals surface area contributed by atoms with E-state index in [2.05, 4.69) is 6.58 Å². The van der Waals surface area contributed by atoms with Crippen LogP contribution in [0.4, 0.5) is 0 Å². The first-order valence-corrected chi connectivity index (χ1v) is 4.46. The number of hydrogen-bond donors (Lipinski definition) is 1. The SMILES string of the molecule is C=Cc1ccc2c(c1)C(N)CCO2. The van der Waals surface area contributed by atoms with Gasteiger partial charge in [-0.25, -0.2) is 0 Å². The van der Waals surface area contributed by atoms with Crippen LogP contribution in [0.5, 0.6) is 5.75 Å². The molecular formula is C11H13NO. The number of fused-ring (bicyclic) bond motifs is 1. The Labute approximate surface area is 78.0 Å². The average molecular weight is 175 g/mol. The largest absolute Gasteiger partial charge is 0.493 e. The molecule has 2 rings (SSSR count). The van der Waals surface area contributed by atoms with E-state index in [-0.39, 0.29) is 6.04 Å². The molecule has 2 nitrogen and oxygen atoms in total. The van der Waals surface area contributed by atoms with Crippen molar-refractivity contribution in [2.45, 2.75) is 12.5 Å². The second-order valence-corrected chi connectivity index (χ2v) is 3.25. The van der Waals surface area contributed by atoms with E-state index in [1.807, 2.05) is 24.3 Å². The third kappa shape index (κ3) is 1.45. The second kappa shape index (κ2) is 3.23. The van der Waals surface area contributed by atoms with Crippen LogP contribution in [0.3, 0.4) is 0 Å². The molecule has 1 aliphatic heterocycles. The van der Waals surface area contributed by atoms with Gasteiger partial charge < -0.3 is 10.5 Å². The van der Waals surface area contributed by atoms with E-state index in [4.69, 9.17) is 10.5 Å². The first kappa shape index (κ1) is 8.32. The van der Waals surface area contributed by atoms with Crippen molar-refractivity contribution in [1.82, 2.24) is 0 Å². The fourth-order valence-corrected chi connectivity index (χ4v) is 1.57. The fraction of sp³-hybridized carbons (Fsp3) is 0.273. The Balaban J connectivity index is 2.46. The Kier molecular flexibility index (Phi) is 2.07. The summed E-state index contributed by atoms with van der Waals surface area (Å²) < 4.78 is 5.48. The molecule has 0 saturated carbocycles. The smallest absolute Gasteiger partial charge is 0.124 e. The van der Waals surface area contributed by atoms with Crippen LogP contribution in [0, 0.1) is 0 Å². The zero-order valence-corrected chi connectivity index (χ0v) is 7.49. The van der Waals surface area contributed by atoms with Crippen LogP contribution in [0.1, 0.15) is 23.6 Å². The average Bonchev–Trinajstić information content (AvgIpc) is 2.18. The molecule has 1 atom stereocenters. The summed E-state index contributed by atoms with van der Waals surface area (Å²) in [5, 5.41) is 0. The molecule has 1 heterocycles. The Hall–Kier alpha value is -1.28. The molecule has 0 bridgehead atoms. The van der Waals surface area contributed by atoms with E-state index in [1.165, 1.54) is 0 Å². The van der Waals surface area contributed by atoms with Crippen molar-refractivity contribution < 1.29 is 4.74 Å². The maximum Gasteiger partial charge on any atom is 0.124 e. The predicted octanol–water partition coefficient (Wildman–Crippen LogP) is 2.11. The van der Waals surface area contributed by atoms with Gasteiger partial charge in [-0.15, -0.1) is 0 Å². The minimum absolute atomic E-state index is 0.114. The number of nitrogens with two attached hydrogens (primary N) is 1. The van der Waals surface area contributed by atoms with Gasteiger partial charge in [-0.3, -0.25) is 0 Å². The lowest BCUT2D eigenvalue weighted by Gasteiger charge is -2.23. The molecule has 1 aromatic carbocycles. The lowest BCUT2D eigenvalue weighted by Crippen LogP contribution is -2.20. The van der Waals surface area contributed by atoms with Crippen LogP contribution < -0.4 is 10.5 Å². The molecule has 13 heavy (non-hydrogen) atoms. The zero-order valence-electron chi connectivity index (χ0n) is 7.49. The van der Waals surface area contributed by atoms with Gasteiger partial charge in [0, 0.05) is 18.0 Å². The highest BCUT2D eigenvalue weighted by molar-refractivity contribution is 5.52. The lowest BCUT2D eigenvalue weighted by molar-refractivity contribution is 0.269. The number of rotatable bonds is 1. The summed E-state index contributed by atoms with van der Waals surface area (Å²) in [7, 11) is 0. The van der Waals surface area contributed by atoms with Crippen molar-refractivity contribution in [3.05, 3.63) is 35.9 Å². The van der Waals surface area contributed by atoms with Crippen molar-refractivity contribution >= 4 is 6.08 Å². The summed E-state index contributed by atoms with van der Waals surface area (Å²) in [4.78, 5) is 0. The Morgan fingerprint density at radius 3 is 3.15 bits per heavy atom. The molecule has 0 radical (unpaired) electrons. The highest BCUT2D eigenvalue weighted by Gasteiger charge is 2.17. The van der Waals surface area contributed by atoms with E-state index in [9.17, 15) is 0 Å². The van der Waals surface area contributed by atoms with Gasteiger partial charge >= 0.3 is 0 Å². The van der Waals surface area contributed by atoms with Crippen LogP contribution in [-0.2, 0) is 0 Å². The van der Waals surface area contributed by atoms with Gasteiger partial charge in [0.05, 0.1) is 6.61 Å². The van der Waals surface area contributed by atoms with Crippen LogP contribution >= 0.6 is 0 Å². The van der Waals surface area contributed by atoms with Gasteiger partial charge in [-0.05, 0) is 17.7 Å². The van der Waals surface area contributed by atoms with Gasteiger partial charge in [-0.2, -0.15) is 0 Å². The predicted molar refractivity (Wildman–Crippen MR) is 53.6 cm³/mol. The van der Waals surface area contributed by atoms with Crippen LogP contribution in [0.2, 0.25) is 0 Å². The maximum atomic E-state index is 5.96. The molecule has 0 aliphatic carbocycles. The molecule has 0 saturated heterocycles. The minimum atomic E-state index is 0.114. The van der Waals surface area contributed by atoms with Gasteiger partial charge in [-0.1, -0.05) is 18.7 Å². The van der Waals surface area contributed by atoms with Crippen molar-refractivity contribution in [1.29, 1.82) is 0 Å². The fourth-order valence-electron chi connectivity index (χ4n) is 1.57. The third-order valence-corrected chi connectivity index (χ3v) is 2.36. The summed E-state index contributed by atoms with van der Waals surface area (Å²) in [5.41, 5.74) is 8.15. The van der Waals surface area contributed by atoms with Crippen molar-refractivity contribution in [2.24, 2.45) is 5.73 Å². The van der Waals surface area contributed by atoms with E-state index < -0.39 is 0 Å². The normalized spacial score (nSPS) is 20.2. The summed E-state index contributed by atoms with van der Waals surface area (Å²) >= 11 is 0. The van der Waals surface area contributed by atoms with Crippen molar-refractivity contribution in [3.8, 4) is 5.75 Å². The Morgan fingerprint density at radius 2 is 2.38 bits per heavy atom. The maximum absolute atomic E-state index is 5.96. The van der Waals surface area contributed by atoms with E-state index in [0.717, 1.165) is 29.9 Å². The molecular weight excluding hydrogens is 162 g/mol. The van der Waals surface area contributed by atoms with Crippen LogP contribution in [0.15, 0.2) is 24.8 Å². The second-order valence-electron chi connectivity index (χ2n) is 3.25. The van der Waals surface area contributed by atoms with E-state index >= 15 is 0 Å². The molecule has 1 aromatic rings. The topological polar surface area (TPSA) is 35.2 Å². The van der Waals surface area contributed by atoms with Crippen LogP contribution in [0.25, 0.3) is 6.08 Å². The summed E-state index contributed by atoms with van der Waals surface area (Å²) in [6.45, 7) is 4.45. The first-order valence-electron chi connectivity index (χ1n) is 4.46. The van der Waals surface area contributed by atoms with E-state index in [1.54, 1.807) is 0 Å². The van der Waals surface area contributed by atoms with Crippen LogP contribution in [-0.4, -0.2) is 6.61 Å². The lowest BCUT2D eigenvalue weighted by atomic mass is 9.99. The standard InChI is InChI=1S/C11H13NO/c1-2-8-3-4-11-9(7-8)10(12)5-6-13-11/h2-4,7,10H,1,5-6,12H2. The van der Waals surface area contributed by atoms with Crippen molar-refractivity contribution in [3.63, 3.8) is 0 Å². The number of ether oxygens (including phenoxy) is 1. The third-order valence-electron chi connectivity index (χ3n) is 2.36. The Bertz CT molecular complexity index is 333. The Morgan fingerprint density at radius 1 is 1.54 bits per heavy atom. The molecule has 1 aliphatic rings. The number of benzene rings is 1. The molecule has 0 spiro atoms. The van der Waals surface area contributed by atoms with Gasteiger partial charge in [0.25, 0.3) is 0 Å². The van der Waals surface area contributed by atoms with Gasteiger partial charge in [0.1, 0.15) is 5.75 Å². The molecule has 0 amide bonds. The summed E-state index contributed by atoms with van der Waals surface area (Å²) in [6.07, 6.45) is 2.72. The van der Waals surface area contributed by atoms with E-state index in [0.29, 0.717) is 0 Å². The highest BCUT2D eigenvalue weighted by atomic mass is 16.5. The highest BCUT2D eigenvalue weighted by Crippen LogP contribution is 2.31. The minimum Gasteiger partial charge on any atom is -0.493 e. The summed E-state index contributed by atoms with van der Waals surface area (Å²) in [6, 6.07) is 6.12. The monoisotopic (exact) mass is 175 g/mol. The van der Waals surface area contributed by atoms with Gasteiger partial charge in [0.15, 0.2) is 0 Å². The quantitative estimate of drug-likeness (QED) is 0.709. The molecule has 0 fully saturated rings. The molecule has 68 valence electrons. The first-order chi connectivity index (χ1) is 6.31. The molecule has 1 unspecified atom stereocenters. The molecule has 2 heteroatoms. The molecule has 0 aromatic heterocycles. The number of hydrogen-bond acceptors (Lipinski definition) is 2. The van der Waals surface area contributed by atoms with Gasteiger partial charge in [0.2, 0.25) is 0 Å².